The molecule has 10 aromatic rings. The van der Waals surface area contributed by atoms with E-state index in [0.717, 1.165) is 78.4 Å². The van der Waals surface area contributed by atoms with Crippen LogP contribution in [-0.2, 0) is 5.41 Å². The second-order valence-corrected chi connectivity index (χ2v) is 16.4. The van der Waals surface area contributed by atoms with Gasteiger partial charge in [-0.1, -0.05) is 176 Å². The molecule has 2 heterocycles. The lowest BCUT2D eigenvalue weighted by atomic mass is 9.66. The summed E-state index contributed by atoms with van der Waals surface area (Å²) in [6.45, 7) is 0. The molecular formula is C60H37N3O. The third-order valence-electron chi connectivity index (χ3n) is 12.8. The third kappa shape index (κ3) is 5.98. The van der Waals surface area contributed by atoms with Gasteiger partial charge in [0.15, 0.2) is 5.82 Å². The van der Waals surface area contributed by atoms with E-state index in [1.165, 1.54) is 22.3 Å². The van der Waals surface area contributed by atoms with E-state index in [2.05, 4.69) is 170 Å². The van der Waals surface area contributed by atoms with Crippen molar-refractivity contribution in [3.05, 3.63) is 252 Å². The second-order valence-electron chi connectivity index (χ2n) is 16.4. The molecule has 4 heteroatoms. The van der Waals surface area contributed by atoms with Crippen molar-refractivity contribution in [3.63, 3.8) is 0 Å². The van der Waals surface area contributed by atoms with Gasteiger partial charge in [-0.3, -0.25) is 0 Å². The highest BCUT2D eigenvalue weighted by molar-refractivity contribution is 5.89. The quantitative estimate of drug-likeness (QED) is 0.168. The molecular weight excluding hydrogens is 779 g/mol. The van der Waals surface area contributed by atoms with Crippen molar-refractivity contribution < 1.29 is 4.74 Å². The van der Waals surface area contributed by atoms with Crippen LogP contribution in [0.15, 0.2) is 224 Å². The minimum absolute atomic E-state index is 0.523. The third-order valence-corrected chi connectivity index (χ3v) is 12.8. The SMILES string of the molecule is N#Cc1ccccc1-c1cc(-c2ccccc2)nc(-c2cccc(-c3cccc(-c4cccc(-c5ccc6c(c5)C5(c7ccccc7O6)c6ccccc6-c6ccccc65)c4)c3)c2)n1. The van der Waals surface area contributed by atoms with Crippen LogP contribution >= 0.6 is 0 Å². The van der Waals surface area contributed by atoms with Gasteiger partial charge in [-0.25, -0.2) is 9.97 Å². The number of nitriles is 1. The van der Waals surface area contributed by atoms with E-state index in [-0.39, 0.29) is 0 Å². The molecule has 1 aliphatic heterocycles. The molecule has 0 radical (unpaired) electrons. The molecule has 0 saturated carbocycles. The average Bonchev–Trinajstić information content (AvgIpc) is 3.67. The molecule has 64 heavy (non-hydrogen) atoms. The number of para-hydroxylation sites is 1. The molecule has 1 spiro atoms. The molecule has 2 aliphatic rings. The Kier molecular flexibility index (Phi) is 8.74. The topological polar surface area (TPSA) is 58.8 Å². The summed E-state index contributed by atoms with van der Waals surface area (Å²) in [7, 11) is 0. The number of hydrogen-bond donors (Lipinski definition) is 0. The van der Waals surface area contributed by atoms with Crippen LogP contribution in [0.5, 0.6) is 11.5 Å². The predicted octanol–water partition coefficient (Wildman–Crippen LogP) is 14.8. The van der Waals surface area contributed by atoms with E-state index in [9.17, 15) is 5.26 Å². The van der Waals surface area contributed by atoms with Gasteiger partial charge in [0.2, 0.25) is 0 Å². The van der Waals surface area contributed by atoms with Crippen molar-refractivity contribution in [2.75, 3.05) is 0 Å². The number of aromatic nitrogens is 2. The molecule has 0 N–H and O–H groups in total. The summed E-state index contributed by atoms with van der Waals surface area (Å²) in [4.78, 5) is 10.1. The molecule has 0 amide bonds. The van der Waals surface area contributed by atoms with Crippen LogP contribution in [0.2, 0.25) is 0 Å². The Morgan fingerprint density at radius 1 is 0.344 bits per heavy atom. The fourth-order valence-corrected chi connectivity index (χ4v) is 9.91. The van der Waals surface area contributed by atoms with Gasteiger partial charge in [-0.2, -0.15) is 5.26 Å². The van der Waals surface area contributed by atoms with Crippen LogP contribution < -0.4 is 4.74 Å². The van der Waals surface area contributed by atoms with E-state index in [4.69, 9.17) is 14.7 Å². The van der Waals surface area contributed by atoms with Gasteiger partial charge in [0, 0.05) is 27.8 Å². The molecule has 9 aromatic carbocycles. The maximum absolute atomic E-state index is 9.97. The second kappa shape index (κ2) is 15.1. The van der Waals surface area contributed by atoms with Crippen LogP contribution in [-0.4, -0.2) is 9.97 Å². The Hall–Kier alpha value is -8.65. The number of benzene rings is 9. The van der Waals surface area contributed by atoms with Gasteiger partial charge in [-0.05, 0) is 104 Å². The van der Waals surface area contributed by atoms with Crippen molar-refractivity contribution >= 4 is 0 Å². The zero-order valence-corrected chi connectivity index (χ0v) is 34.6. The molecule has 0 atom stereocenters. The van der Waals surface area contributed by atoms with Crippen molar-refractivity contribution in [3.8, 4) is 96.0 Å². The van der Waals surface area contributed by atoms with Crippen LogP contribution in [0.25, 0.3) is 78.4 Å². The first kappa shape index (κ1) is 37.1. The lowest BCUT2D eigenvalue weighted by molar-refractivity contribution is 0.436. The van der Waals surface area contributed by atoms with Crippen LogP contribution in [0.1, 0.15) is 27.8 Å². The molecule has 0 saturated heterocycles. The molecule has 298 valence electrons. The minimum atomic E-state index is -0.523. The number of nitrogens with zero attached hydrogens (tertiary/aromatic N) is 3. The number of ether oxygens (including phenoxy) is 1. The monoisotopic (exact) mass is 815 g/mol. The zero-order valence-electron chi connectivity index (χ0n) is 34.6. The summed E-state index contributed by atoms with van der Waals surface area (Å²) in [6.07, 6.45) is 0. The van der Waals surface area contributed by atoms with Crippen molar-refractivity contribution in [2.45, 2.75) is 5.41 Å². The lowest BCUT2D eigenvalue weighted by Gasteiger charge is -2.39. The largest absolute Gasteiger partial charge is 0.457 e. The van der Waals surface area contributed by atoms with Crippen molar-refractivity contribution in [1.29, 1.82) is 5.26 Å². The normalized spacial score (nSPS) is 12.6. The Bertz CT molecular complexity index is 3460. The van der Waals surface area contributed by atoms with Gasteiger partial charge in [0.25, 0.3) is 0 Å². The smallest absolute Gasteiger partial charge is 0.160 e. The first-order chi connectivity index (χ1) is 31.7. The lowest BCUT2D eigenvalue weighted by Crippen LogP contribution is -2.32. The number of rotatable bonds is 6. The molecule has 1 aliphatic carbocycles. The predicted molar refractivity (Wildman–Crippen MR) is 257 cm³/mol. The number of hydrogen-bond acceptors (Lipinski definition) is 4. The van der Waals surface area contributed by atoms with Crippen LogP contribution in [0, 0.1) is 11.3 Å². The van der Waals surface area contributed by atoms with Gasteiger partial charge >= 0.3 is 0 Å². The van der Waals surface area contributed by atoms with Gasteiger partial charge in [0.05, 0.1) is 28.4 Å². The summed E-state index contributed by atoms with van der Waals surface area (Å²) in [5.41, 5.74) is 18.2. The summed E-state index contributed by atoms with van der Waals surface area (Å²) >= 11 is 0. The van der Waals surface area contributed by atoms with Gasteiger partial charge < -0.3 is 4.74 Å². The molecule has 1 aromatic heterocycles. The fourth-order valence-electron chi connectivity index (χ4n) is 9.91. The molecule has 12 rings (SSSR count). The Balaban J connectivity index is 0.925. The first-order valence-electron chi connectivity index (χ1n) is 21.5. The Labute approximate surface area is 372 Å². The maximum Gasteiger partial charge on any atom is 0.160 e. The highest BCUT2D eigenvalue weighted by Crippen LogP contribution is 2.62. The standard InChI is InChI=1S/C60H37N3O/c61-38-47-17-4-5-24-48(47)56-37-55(39-15-2-1-3-16-39)62-59(63-56)46-23-14-22-44(35-46)42-20-12-18-40(33-42)41-19-13-21-43(34-41)45-31-32-58-54(36-45)60(53-29-10-11-30-57(53)64-58)51-27-8-6-25-49(51)50-26-7-9-28-52(50)60/h1-37H. The maximum atomic E-state index is 9.97. The Morgan fingerprint density at radius 3 is 1.45 bits per heavy atom. The fraction of sp³-hybridized carbons (Fsp3) is 0.0167. The minimum Gasteiger partial charge on any atom is -0.457 e. The van der Waals surface area contributed by atoms with E-state index in [0.29, 0.717) is 17.1 Å². The summed E-state index contributed by atoms with van der Waals surface area (Å²) in [6, 6.07) is 80.8. The van der Waals surface area contributed by atoms with Crippen molar-refractivity contribution in [1.82, 2.24) is 9.97 Å². The van der Waals surface area contributed by atoms with E-state index >= 15 is 0 Å². The molecule has 0 bridgehead atoms. The molecule has 0 fully saturated rings. The number of fused-ring (bicyclic) bond motifs is 9. The first-order valence-corrected chi connectivity index (χ1v) is 21.5. The highest BCUT2D eigenvalue weighted by atomic mass is 16.5. The van der Waals surface area contributed by atoms with Crippen LogP contribution in [0.4, 0.5) is 0 Å². The summed E-state index contributed by atoms with van der Waals surface area (Å²) in [5, 5.41) is 9.97. The average molecular weight is 816 g/mol. The molecule has 0 unspecified atom stereocenters. The Morgan fingerprint density at radius 2 is 0.812 bits per heavy atom. The molecule has 4 nitrogen and oxygen atoms in total. The van der Waals surface area contributed by atoms with E-state index < -0.39 is 5.41 Å². The zero-order chi connectivity index (χ0) is 42.6. The highest BCUT2D eigenvalue weighted by Gasteiger charge is 2.51. The van der Waals surface area contributed by atoms with E-state index in [1.807, 2.05) is 60.7 Å². The van der Waals surface area contributed by atoms with Gasteiger partial charge in [-0.15, -0.1) is 0 Å². The van der Waals surface area contributed by atoms with Crippen molar-refractivity contribution in [2.24, 2.45) is 0 Å². The van der Waals surface area contributed by atoms with Gasteiger partial charge in [0.1, 0.15) is 11.5 Å². The summed E-state index contributed by atoms with van der Waals surface area (Å²) < 4.78 is 6.71. The van der Waals surface area contributed by atoms with E-state index in [1.54, 1.807) is 0 Å². The van der Waals surface area contributed by atoms with Crippen LogP contribution in [0.3, 0.4) is 0 Å². The summed E-state index contributed by atoms with van der Waals surface area (Å²) in [5.74, 6) is 2.36.